The van der Waals surface area contributed by atoms with Gasteiger partial charge in [0, 0.05) is 45.2 Å². The molecule has 88 valence electrons. The van der Waals surface area contributed by atoms with Crippen molar-refractivity contribution in [1.82, 2.24) is 9.80 Å². The van der Waals surface area contributed by atoms with Crippen molar-refractivity contribution in [2.24, 2.45) is 11.7 Å². The molecule has 1 fully saturated rings. The van der Waals surface area contributed by atoms with E-state index in [1.807, 2.05) is 11.8 Å². The summed E-state index contributed by atoms with van der Waals surface area (Å²) in [5.74, 6) is 0.0792. The van der Waals surface area contributed by atoms with Gasteiger partial charge in [-0.25, -0.2) is 0 Å². The number of nitrogens with zero attached hydrogens (tertiary/aromatic N) is 2. The first-order valence-corrected chi connectivity index (χ1v) is 5.51. The topological polar surface area (TPSA) is 69.8 Å². The van der Waals surface area contributed by atoms with Crippen molar-refractivity contribution in [2.45, 2.75) is 6.92 Å². The van der Waals surface area contributed by atoms with Crippen LogP contribution in [0.15, 0.2) is 0 Å². The van der Waals surface area contributed by atoms with Crippen LogP contribution in [-0.2, 0) is 4.79 Å². The summed E-state index contributed by atoms with van der Waals surface area (Å²) in [4.78, 5) is 15.8. The molecule has 1 amide bonds. The van der Waals surface area contributed by atoms with Gasteiger partial charge in [0.1, 0.15) is 0 Å². The molecular weight excluding hydrogens is 194 g/mol. The third kappa shape index (κ3) is 3.44. The van der Waals surface area contributed by atoms with Crippen LogP contribution in [0.5, 0.6) is 0 Å². The number of carbonyl (C=O) groups excluding carboxylic acids is 1. The van der Waals surface area contributed by atoms with Gasteiger partial charge in [-0.05, 0) is 0 Å². The molecule has 5 heteroatoms. The van der Waals surface area contributed by atoms with E-state index in [1.54, 1.807) is 0 Å². The lowest BCUT2D eigenvalue weighted by atomic mass is 10.1. The molecule has 0 spiro atoms. The molecule has 0 bridgehead atoms. The molecule has 1 atom stereocenters. The number of hydrogen-bond donors (Lipinski definition) is 2. The average Bonchev–Trinajstić information content (AvgIpc) is 2.28. The molecule has 1 rings (SSSR count). The van der Waals surface area contributed by atoms with Gasteiger partial charge in [-0.2, -0.15) is 0 Å². The lowest BCUT2D eigenvalue weighted by molar-refractivity contribution is -0.136. The molecule has 1 unspecified atom stereocenters. The molecular formula is C10H21N3O2. The maximum Gasteiger partial charge on any atom is 0.226 e. The van der Waals surface area contributed by atoms with Crippen molar-refractivity contribution in [2.75, 3.05) is 45.9 Å². The molecule has 3 N–H and O–H groups in total. The maximum atomic E-state index is 11.8. The van der Waals surface area contributed by atoms with E-state index in [0.717, 1.165) is 26.2 Å². The molecule has 0 aliphatic carbocycles. The van der Waals surface area contributed by atoms with Gasteiger partial charge in [-0.15, -0.1) is 0 Å². The van der Waals surface area contributed by atoms with Crippen LogP contribution in [0.3, 0.4) is 0 Å². The highest BCUT2D eigenvalue weighted by atomic mass is 16.3. The standard InChI is InChI=1S/C10H21N3O2/c1-9(8-11)10(15)13-4-2-12(3-5-13)6-7-14/h9,14H,2-8,11H2,1H3. The minimum atomic E-state index is -0.0746. The first kappa shape index (κ1) is 12.4. The van der Waals surface area contributed by atoms with Gasteiger partial charge in [0.05, 0.1) is 6.61 Å². The van der Waals surface area contributed by atoms with Crippen LogP contribution in [-0.4, -0.2) is 66.7 Å². The number of β-amino-alcohol motifs (C(OH)–C–C–N with tert-alkyl or cyclic N) is 1. The predicted octanol–water partition coefficient (Wildman–Crippen LogP) is -1.28. The highest BCUT2D eigenvalue weighted by Crippen LogP contribution is 2.06. The molecule has 1 saturated heterocycles. The van der Waals surface area contributed by atoms with Crippen LogP contribution in [0.1, 0.15) is 6.92 Å². The lowest BCUT2D eigenvalue weighted by Crippen LogP contribution is -2.51. The van der Waals surface area contributed by atoms with Gasteiger partial charge in [0.25, 0.3) is 0 Å². The Kier molecular flexibility index (Phi) is 5.01. The molecule has 0 radical (unpaired) electrons. The number of hydrogen-bond acceptors (Lipinski definition) is 4. The van der Waals surface area contributed by atoms with Gasteiger partial charge in [0.2, 0.25) is 5.91 Å². The molecule has 1 aliphatic heterocycles. The first-order chi connectivity index (χ1) is 7.19. The monoisotopic (exact) mass is 215 g/mol. The zero-order valence-corrected chi connectivity index (χ0v) is 9.35. The van der Waals surface area contributed by atoms with E-state index in [1.165, 1.54) is 0 Å². The van der Waals surface area contributed by atoms with Gasteiger partial charge >= 0.3 is 0 Å². The Morgan fingerprint density at radius 2 is 2.00 bits per heavy atom. The highest BCUT2D eigenvalue weighted by molar-refractivity contribution is 5.78. The summed E-state index contributed by atoms with van der Waals surface area (Å²) >= 11 is 0. The smallest absolute Gasteiger partial charge is 0.226 e. The fourth-order valence-corrected chi connectivity index (χ4v) is 1.75. The molecule has 0 aromatic rings. The first-order valence-electron chi connectivity index (χ1n) is 5.51. The molecule has 1 heterocycles. The Morgan fingerprint density at radius 3 is 2.47 bits per heavy atom. The summed E-state index contributed by atoms with van der Waals surface area (Å²) in [6.07, 6.45) is 0. The number of piperazine rings is 1. The average molecular weight is 215 g/mol. The summed E-state index contributed by atoms with van der Waals surface area (Å²) in [6, 6.07) is 0. The number of nitrogens with two attached hydrogens (primary N) is 1. The van der Waals surface area contributed by atoms with Gasteiger partial charge in [0.15, 0.2) is 0 Å². The number of carbonyl (C=O) groups is 1. The van der Waals surface area contributed by atoms with Crippen LogP contribution < -0.4 is 5.73 Å². The Bertz CT molecular complexity index is 203. The molecule has 0 saturated carbocycles. The van der Waals surface area contributed by atoms with E-state index < -0.39 is 0 Å². The zero-order chi connectivity index (χ0) is 11.3. The van der Waals surface area contributed by atoms with Crippen LogP contribution in [0, 0.1) is 5.92 Å². The van der Waals surface area contributed by atoms with Crippen molar-refractivity contribution in [3.05, 3.63) is 0 Å². The van der Waals surface area contributed by atoms with Crippen molar-refractivity contribution in [1.29, 1.82) is 0 Å². The molecule has 1 aliphatic rings. The minimum Gasteiger partial charge on any atom is -0.395 e. The SMILES string of the molecule is CC(CN)C(=O)N1CCN(CCO)CC1. The van der Waals surface area contributed by atoms with E-state index in [2.05, 4.69) is 4.90 Å². The van der Waals surface area contributed by atoms with Crippen molar-refractivity contribution >= 4 is 5.91 Å². The van der Waals surface area contributed by atoms with E-state index in [4.69, 9.17) is 10.8 Å². The fraction of sp³-hybridized carbons (Fsp3) is 0.900. The third-order valence-electron chi connectivity index (χ3n) is 2.88. The van der Waals surface area contributed by atoms with Crippen molar-refractivity contribution < 1.29 is 9.90 Å². The number of rotatable bonds is 4. The van der Waals surface area contributed by atoms with E-state index in [0.29, 0.717) is 13.1 Å². The minimum absolute atomic E-state index is 0.0746. The number of amides is 1. The molecule has 0 aromatic heterocycles. The lowest BCUT2D eigenvalue weighted by Gasteiger charge is -2.35. The third-order valence-corrected chi connectivity index (χ3v) is 2.88. The molecule has 5 nitrogen and oxygen atoms in total. The maximum absolute atomic E-state index is 11.8. The van der Waals surface area contributed by atoms with E-state index >= 15 is 0 Å². The van der Waals surface area contributed by atoms with Crippen LogP contribution in [0.25, 0.3) is 0 Å². The molecule has 15 heavy (non-hydrogen) atoms. The Morgan fingerprint density at radius 1 is 1.40 bits per heavy atom. The van der Waals surface area contributed by atoms with Crippen LogP contribution in [0.2, 0.25) is 0 Å². The highest BCUT2D eigenvalue weighted by Gasteiger charge is 2.23. The second kappa shape index (κ2) is 6.05. The zero-order valence-electron chi connectivity index (χ0n) is 9.35. The van der Waals surface area contributed by atoms with Gasteiger partial charge < -0.3 is 15.7 Å². The van der Waals surface area contributed by atoms with Crippen molar-refractivity contribution in [3.8, 4) is 0 Å². The number of aliphatic hydroxyl groups excluding tert-OH is 1. The Balaban J connectivity index is 2.33. The largest absolute Gasteiger partial charge is 0.395 e. The fourth-order valence-electron chi connectivity index (χ4n) is 1.75. The quantitative estimate of drug-likeness (QED) is 0.613. The Labute approximate surface area is 90.8 Å². The van der Waals surface area contributed by atoms with Gasteiger partial charge in [-0.3, -0.25) is 9.69 Å². The molecule has 0 aromatic carbocycles. The van der Waals surface area contributed by atoms with E-state index in [-0.39, 0.29) is 18.4 Å². The second-order valence-corrected chi connectivity index (χ2v) is 4.03. The van der Waals surface area contributed by atoms with Crippen molar-refractivity contribution in [3.63, 3.8) is 0 Å². The predicted molar refractivity (Wildman–Crippen MR) is 58.3 cm³/mol. The summed E-state index contributed by atoms with van der Waals surface area (Å²) in [5, 5.41) is 8.78. The summed E-state index contributed by atoms with van der Waals surface area (Å²) in [5.41, 5.74) is 5.46. The van der Waals surface area contributed by atoms with Crippen LogP contribution in [0.4, 0.5) is 0 Å². The Hall–Kier alpha value is -0.650. The summed E-state index contributed by atoms with van der Waals surface area (Å²) < 4.78 is 0. The van der Waals surface area contributed by atoms with Gasteiger partial charge in [-0.1, -0.05) is 6.92 Å². The second-order valence-electron chi connectivity index (χ2n) is 4.03. The summed E-state index contributed by atoms with van der Waals surface area (Å²) in [7, 11) is 0. The number of aliphatic hydroxyl groups is 1. The normalized spacial score (nSPS) is 20.3. The summed E-state index contributed by atoms with van der Waals surface area (Å²) in [6.45, 7) is 6.37. The van der Waals surface area contributed by atoms with E-state index in [9.17, 15) is 4.79 Å². The van der Waals surface area contributed by atoms with Crippen LogP contribution >= 0.6 is 0 Å².